The maximum atomic E-state index is 6.67. The van der Waals surface area contributed by atoms with Crippen LogP contribution in [0.3, 0.4) is 0 Å². The molecule has 12 aromatic carbocycles. The van der Waals surface area contributed by atoms with E-state index < -0.39 is 0 Å². The van der Waals surface area contributed by atoms with E-state index in [9.17, 15) is 0 Å². The monoisotopic (exact) mass is 1090 g/mol. The Bertz CT molecular complexity index is 5050. The van der Waals surface area contributed by atoms with Crippen LogP contribution < -0.4 is 9.64 Å². The van der Waals surface area contributed by atoms with Crippen molar-refractivity contribution < 1.29 is 9.15 Å². The van der Waals surface area contributed by atoms with E-state index >= 15 is 0 Å². The Morgan fingerprint density at radius 1 is 0.412 bits per heavy atom. The molecule has 0 N–H and O–H groups in total. The number of allylic oxidation sites excluding steroid dienone is 2. The lowest BCUT2D eigenvalue weighted by atomic mass is 9.81. The predicted molar refractivity (Wildman–Crippen MR) is 353 cm³/mol. The maximum absolute atomic E-state index is 6.67. The summed E-state index contributed by atoms with van der Waals surface area (Å²) < 4.78 is 15.7. The minimum absolute atomic E-state index is 0.0152. The Hall–Kier alpha value is -10.7. The van der Waals surface area contributed by atoms with Crippen LogP contribution >= 0.6 is 0 Å². The van der Waals surface area contributed by atoms with Gasteiger partial charge in [-0.3, -0.25) is 0 Å². The Morgan fingerprint density at radius 3 is 1.78 bits per heavy atom. The molecule has 402 valence electrons. The van der Waals surface area contributed by atoms with Gasteiger partial charge in [-0.2, -0.15) is 0 Å². The summed E-state index contributed by atoms with van der Waals surface area (Å²) >= 11 is 0. The first kappa shape index (κ1) is 49.0. The fourth-order valence-corrected chi connectivity index (χ4v) is 14.3. The lowest BCUT2D eigenvalue weighted by molar-refractivity contribution is 0.270. The molecule has 2 aromatic heterocycles. The minimum Gasteiger partial charge on any atom is -0.484 e. The van der Waals surface area contributed by atoms with Gasteiger partial charge in [0.25, 0.3) is 0 Å². The number of furan rings is 1. The molecule has 4 heteroatoms. The second-order valence-corrected chi connectivity index (χ2v) is 23.4. The SMILES string of the molecule is CC1(C)c2cc(-c3ccc(N(c4ccc(-c5cccc6c5OC5C=CC=CC65)cc4)c4ccc(-c5cccc6c5oc5ccccc56)cc4)c4ccccc34)ccc2-c2cc3c(-c4ccccc4)c(-c4ccccc4)n(-c4ccccc4)c3cc21. The smallest absolute Gasteiger partial charge is 0.143 e. The average molecular weight is 1090 g/mol. The summed E-state index contributed by atoms with van der Waals surface area (Å²) in [4.78, 5) is 2.42. The third kappa shape index (κ3) is 7.68. The first-order chi connectivity index (χ1) is 41.9. The molecule has 0 saturated carbocycles. The van der Waals surface area contributed by atoms with Gasteiger partial charge in [0.2, 0.25) is 0 Å². The number of anilines is 3. The summed E-state index contributed by atoms with van der Waals surface area (Å²) in [5.74, 6) is 1.19. The number of para-hydroxylation sites is 4. The van der Waals surface area contributed by atoms with Gasteiger partial charge in [-0.15, -0.1) is 0 Å². The molecule has 0 amide bonds. The molecule has 0 fully saturated rings. The normalized spacial score (nSPS) is 15.3. The highest BCUT2D eigenvalue weighted by Crippen LogP contribution is 2.55. The maximum Gasteiger partial charge on any atom is 0.143 e. The van der Waals surface area contributed by atoms with Crippen LogP contribution in [0, 0.1) is 0 Å². The predicted octanol–water partition coefficient (Wildman–Crippen LogP) is 21.8. The zero-order valence-corrected chi connectivity index (χ0v) is 47.1. The highest BCUT2D eigenvalue weighted by atomic mass is 16.5. The van der Waals surface area contributed by atoms with Crippen molar-refractivity contribution in [3.8, 4) is 78.3 Å². The van der Waals surface area contributed by atoms with Gasteiger partial charge in [0.05, 0.1) is 16.9 Å². The van der Waals surface area contributed by atoms with E-state index in [-0.39, 0.29) is 17.4 Å². The van der Waals surface area contributed by atoms with Gasteiger partial charge < -0.3 is 18.6 Å². The highest BCUT2D eigenvalue weighted by molar-refractivity contribution is 6.12. The van der Waals surface area contributed by atoms with E-state index in [1.165, 1.54) is 77.6 Å². The molecule has 0 radical (unpaired) electrons. The average Bonchev–Trinajstić information content (AvgIpc) is 2.14. The van der Waals surface area contributed by atoms with Crippen LogP contribution in [-0.2, 0) is 5.41 Å². The summed E-state index contributed by atoms with van der Waals surface area (Å²) in [7, 11) is 0. The lowest BCUT2D eigenvalue weighted by Crippen LogP contribution is -2.15. The number of fused-ring (bicyclic) bond motifs is 11. The Kier molecular flexibility index (Phi) is 11.1. The Morgan fingerprint density at radius 2 is 1.01 bits per heavy atom. The van der Waals surface area contributed by atoms with Crippen LogP contribution in [0.4, 0.5) is 17.1 Å². The van der Waals surface area contributed by atoms with Crippen molar-refractivity contribution in [2.24, 2.45) is 0 Å². The molecule has 17 rings (SSSR count). The zero-order valence-electron chi connectivity index (χ0n) is 47.1. The van der Waals surface area contributed by atoms with Crippen LogP contribution in [-0.4, -0.2) is 10.7 Å². The van der Waals surface area contributed by atoms with E-state index in [1.807, 2.05) is 6.07 Å². The molecular weight excluding hydrogens is 1030 g/mol. The second-order valence-electron chi connectivity index (χ2n) is 23.4. The summed E-state index contributed by atoms with van der Waals surface area (Å²) in [5.41, 5.74) is 25.1. The minimum atomic E-state index is -0.292. The topological polar surface area (TPSA) is 30.5 Å². The fourth-order valence-electron chi connectivity index (χ4n) is 14.3. The number of hydrogen-bond acceptors (Lipinski definition) is 3. The molecular formula is C81H56N2O2. The van der Waals surface area contributed by atoms with Crippen LogP contribution in [0.25, 0.3) is 116 Å². The van der Waals surface area contributed by atoms with Crippen molar-refractivity contribution >= 4 is 60.7 Å². The molecule has 0 saturated heterocycles. The molecule has 1 aliphatic heterocycles. The number of aromatic nitrogens is 1. The third-order valence-corrected chi connectivity index (χ3v) is 18.4. The number of hydrogen-bond donors (Lipinski definition) is 0. The molecule has 0 spiro atoms. The van der Waals surface area contributed by atoms with Crippen molar-refractivity contribution in [3.05, 3.63) is 308 Å². The van der Waals surface area contributed by atoms with E-state index in [1.54, 1.807) is 0 Å². The molecule has 4 nitrogen and oxygen atoms in total. The molecule has 0 bridgehead atoms. The van der Waals surface area contributed by atoms with Gasteiger partial charge in [0, 0.05) is 72.2 Å². The number of ether oxygens (including phenoxy) is 1. The van der Waals surface area contributed by atoms with E-state index in [0.29, 0.717) is 0 Å². The standard InChI is InChI=1S/C81H56N2O2/c1-81(2)71-48-55(40-45-63(71)69-49-70-74(50-72(69)81)83(56-24-10-5-11-25-56)78(54-22-8-4-9-23-54)77(70)53-20-6-3-7-21-53)59-46-47-73(64-27-13-12-26-62(59)64)82(57-41-36-51(37-42-57)60-30-18-32-67-65-28-14-16-34-75(65)84-79(60)67)58-43-38-52(39-44-58)61-31-19-33-68-66-29-15-17-35-76(66)85-80(61)68/h3-50,65,75H,1-2H3. The zero-order chi connectivity index (χ0) is 56.3. The van der Waals surface area contributed by atoms with E-state index in [4.69, 9.17) is 9.15 Å². The molecule has 3 heterocycles. The van der Waals surface area contributed by atoms with E-state index in [0.717, 1.165) is 78.1 Å². The van der Waals surface area contributed by atoms with Gasteiger partial charge >= 0.3 is 0 Å². The summed E-state index contributed by atoms with van der Waals surface area (Å²) in [6.45, 7) is 4.82. The van der Waals surface area contributed by atoms with Crippen LogP contribution in [0.2, 0.25) is 0 Å². The summed E-state index contributed by atoms with van der Waals surface area (Å²) in [6.07, 6.45) is 8.67. The van der Waals surface area contributed by atoms with Crippen molar-refractivity contribution in [3.63, 3.8) is 0 Å². The number of benzene rings is 12. The second kappa shape index (κ2) is 19.2. The van der Waals surface area contributed by atoms with Crippen molar-refractivity contribution in [2.75, 3.05) is 4.90 Å². The molecule has 2 atom stereocenters. The highest BCUT2D eigenvalue weighted by Gasteiger charge is 2.38. The first-order valence-corrected chi connectivity index (χ1v) is 29.5. The Balaban J connectivity index is 0.794. The van der Waals surface area contributed by atoms with Crippen molar-refractivity contribution in [1.82, 2.24) is 4.57 Å². The van der Waals surface area contributed by atoms with Crippen molar-refractivity contribution in [1.29, 1.82) is 0 Å². The third-order valence-electron chi connectivity index (χ3n) is 18.4. The summed E-state index contributed by atoms with van der Waals surface area (Å²) in [5, 5.41) is 5.83. The van der Waals surface area contributed by atoms with Gasteiger partial charge in [0.1, 0.15) is 23.0 Å². The quantitative estimate of drug-likeness (QED) is 0.144. The van der Waals surface area contributed by atoms with E-state index in [2.05, 4.69) is 308 Å². The van der Waals surface area contributed by atoms with Crippen LogP contribution in [0.15, 0.2) is 296 Å². The van der Waals surface area contributed by atoms with Gasteiger partial charge in [0.15, 0.2) is 0 Å². The van der Waals surface area contributed by atoms with Gasteiger partial charge in [-0.05, 0) is 134 Å². The molecule has 14 aromatic rings. The number of nitrogens with zero attached hydrogens (tertiary/aromatic N) is 2. The molecule has 2 unspecified atom stereocenters. The molecule has 2 aliphatic carbocycles. The van der Waals surface area contributed by atoms with Crippen LogP contribution in [0.5, 0.6) is 5.75 Å². The largest absolute Gasteiger partial charge is 0.484 e. The van der Waals surface area contributed by atoms with Gasteiger partial charge in [-0.1, -0.05) is 232 Å². The fraction of sp³-hybridized carbons (Fsp3) is 0.0617. The van der Waals surface area contributed by atoms with Gasteiger partial charge in [-0.25, -0.2) is 0 Å². The molecule has 85 heavy (non-hydrogen) atoms. The number of rotatable bonds is 9. The van der Waals surface area contributed by atoms with Crippen molar-refractivity contribution in [2.45, 2.75) is 31.3 Å². The molecule has 3 aliphatic rings. The summed E-state index contributed by atoms with van der Waals surface area (Å²) in [6, 6.07) is 97.8. The Labute approximate surface area is 494 Å². The van der Waals surface area contributed by atoms with Crippen LogP contribution in [0.1, 0.15) is 36.5 Å². The lowest BCUT2D eigenvalue weighted by Gasteiger charge is -2.28. The first-order valence-electron chi connectivity index (χ1n) is 29.5.